The summed E-state index contributed by atoms with van der Waals surface area (Å²) in [6.07, 6.45) is 1.78. The Hall–Kier alpha value is -2.79. The summed E-state index contributed by atoms with van der Waals surface area (Å²) in [6, 6.07) is 14.6. The predicted molar refractivity (Wildman–Crippen MR) is 102 cm³/mol. The molecule has 0 spiro atoms. The number of hydrogen-bond donors (Lipinski definition) is 2. The maximum atomic E-state index is 12.1. The number of para-hydroxylation sites is 1. The van der Waals surface area contributed by atoms with Gasteiger partial charge in [-0.3, -0.25) is 9.59 Å². The van der Waals surface area contributed by atoms with E-state index in [1.807, 2.05) is 30.5 Å². The Morgan fingerprint density at radius 3 is 2.65 bits per heavy atom. The second kappa shape index (κ2) is 8.06. The third-order valence-corrected chi connectivity index (χ3v) is 4.31. The molecule has 0 radical (unpaired) electrons. The van der Waals surface area contributed by atoms with Crippen LogP contribution in [0.3, 0.4) is 0 Å². The molecule has 0 aliphatic rings. The molecule has 26 heavy (non-hydrogen) atoms. The van der Waals surface area contributed by atoms with E-state index in [0.717, 1.165) is 16.5 Å². The predicted octanol–water partition coefficient (Wildman–Crippen LogP) is 4.32. The molecule has 2 aromatic carbocycles. The van der Waals surface area contributed by atoms with Crippen LogP contribution in [-0.2, 0) is 20.7 Å². The van der Waals surface area contributed by atoms with Crippen molar-refractivity contribution in [2.75, 3.05) is 5.32 Å². The van der Waals surface area contributed by atoms with Crippen LogP contribution < -0.4 is 5.32 Å². The van der Waals surface area contributed by atoms with Crippen molar-refractivity contribution < 1.29 is 14.3 Å². The molecule has 1 heterocycles. The Morgan fingerprint density at radius 1 is 1.15 bits per heavy atom. The Morgan fingerprint density at radius 2 is 1.88 bits per heavy atom. The minimum atomic E-state index is -0.874. The van der Waals surface area contributed by atoms with Crippen molar-refractivity contribution in [1.29, 1.82) is 0 Å². The van der Waals surface area contributed by atoms with Crippen LogP contribution in [0.25, 0.3) is 10.9 Å². The molecule has 2 N–H and O–H groups in total. The molecule has 1 amide bonds. The third kappa shape index (κ3) is 4.43. The maximum absolute atomic E-state index is 12.1. The van der Waals surface area contributed by atoms with Crippen molar-refractivity contribution in [3.8, 4) is 0 Å². The molecular formula is C20H19ClN2O3. The average molecular weight is 371 g/mol. The van der Waals surface area contributed by atoms with E-state index < -0.39 is 12.1 Å². The standard InChI is InChI=1S/C20H19ClN2O3/c1-13(20(25)23-16-9-7-15(21)8-10-16)26-19(24)11-6-14-12-22-18-5-3-2-4-17(14)18/h2-5,7-10,12-13,22H,6,11H2,1H3,(H,23,25)/t13-/m0/s1. The van der Waals surface area contributed by atoms with Crippen molar-refractivity contribution in [2.24, 2.45) is 0 Å². The third-order valence-electron chi connectivity index (χ3n) is 4.06. The Balaban J connectivity index is 1.50. The number of carbonyl (C=O) groups excluding carboxylic acids is 2. The lowest BCUT2D eigenvalue weighted by Crippen LogP contribution is -2.30. The number of carbonyl (C=O) groups is 2. The number of amides is 1. The minimum absolute atomic E-state index is 0.209. The fourth-order valence-corrected chi connectivity index (χ4v) is 2.79. The highest BCUT2D eigenvalue weighted by Gasteiger charge is 2.18. The number of aromatic amines is 1. The summed E-state index contributed by atoms with van der Waals surface area (Å²) in [4.78, 5) is 27.3. The lowest BCUT2D eigenvalue weighted by molar-refractivity contribution is -0.153. The van der Waals surface area contributed by atoms with E-state index in [-0.39, 0.29) is 12.3 Å². The fraction of sp³-hybridized carbons (Fsp3) is 0.200. The van der Waals surface area contributed by atoms with E-state index >= 15 is 0 Å². The summed E-state index contributed by atoms with van der Waals surface area (Å²) in [5.74, 6) is -0.790. The summed E-state index contributed by atoms with van der Waals surface area (Å²) < 4.78 is 5.23. The van der Waals surface area contributed by atoms with E-state index in [0.29, 0.717) is 17.1 Å². The first-order valence-electron chi connectivity index (χ1n) is 8.34. The first-order chi connectivity index (χ1) is 12.5. The van der Waals surface area contributed by atoms with E-state index in [1.54, 1.807) is 31.2 Å². The van der Waals surface area contributed by atoms with E-state index in [2.05, 4.69) is 10.3 Å². The van der Waals surface area contributed by atoms with E-state index in [1.165, 1.54) is 0 Å². The number of ether oxygens (including phenoxy) is 1. The summed E-state index contributed by atoms with van der Waals surface area (Å²) in [5.41, 5.74) is 2.68. The van der Waals surface area contributed by atoms with Crippen LogP contribution in [0.1, 0.15) is 18.9 Å². The van der Waals surface area contributed by atoms with Gasteiger partial charge in [0.1, 0.15) is 0 Å². The van der Waals surface area contributed by atoms with Crippen molar-refractivity contribution in [3.63, 3.8) is 0 Å². The van der Waals surface area contributed by atoms with Gasteiger partial charge in [-0.05, 0) is 49.2 Å². The van der Waals surface area contributed by atoms with Crippen molar-refractivity contribution >= 4 is 40.1 Å². The number of fused-ring (bicyclic) bond motifs is 1. The monoisotopic (exact) mass is 370 g/mol. The van der Waals surface area contributed by atoms with Gasteiger partial charge in [-0.2, -0.15) is 0 Å². The second-order valence-electron chi connectivity index (χ2n) is 5.99. The number of aromatic nitrogens is 1. The van der Waals surface area contributed by atoms with Gasteiger partial charge in [0.15, 0.2) is 6.10 Å². The normalized spacial score (nSPS) is 11.9. The lowest BCUT2D eigenvalue weighted by atomic mass is 10.1. The van der Waals surface area contributed by atoms with Crippen LogP contribution in [0.5, 0.6) is 0 Å². The molecule has 3 aromatic rings. The van der Waals surface area contributed by atoms with Crippen LogP contribution in [0, 0.1) is 0 Å². The molecule has 0 fully saturated rings. The number of anilines is 1. The topological polar surface area (TPSA) is 71.2 Å². The van der Waals surface area contributed by atoms with Gasteiger partial charge in [0.25, 0.3) is 5.91 Å². The van der Waals surface area contributed by atoms with Gasteiger partial charge in [-0.1, -0.05) is 29.8 Å². The summed E-state index contributed by atoms with van der Waals surface area (Å²) in [7, 11) is 0. The number of hydrogen-bond acceptors (Lipinski definition) is 3. The van der Waals surface area contributed by atoms with Gasteiger partial charge in [0.05, 0.1) is 0 Å². The quantitative estimate of drug-likeness (QED) is 0.634. The fourth-order valence-electron chi connectivity index (χ4n) is 2.66. The molecule has 0 aliphatic carbocycles. The molecule has 0 saturated heterocycles. The molecule has 0 bridgehead atoms. The Labute approximate surface area is 156 Å². The highest BCUT2D eigenvalue weighted by Crippen LogP contribution is 2.19. The molecular weight excluding hydrogens is 352 g/mol. The van der Waals surface area contributed by atoms with E-state index in [9.17, 15) is 9.59 Å². The zero-order valence-corrected chi connectivity index (χ0v) is 15.0. The second-order valence-corrected chi connectivity index (χ2v) is 6.42. The number of aryl methyl sites for hydroxylation is 1. The molecule has 134 valence electrons. The minimum Gasteiger partial charge on any atom is -0.453 e. The number of benzene rings is 2. The number of halogens is 1. The van der Waals surface area contributed by atoms with Gasteiger partial charge >= 0.3 is 5.97 Å². The number of H-pyrrole nitrogens is 1. The van der Waals surface area contributed by atoms with Crippen LogP contribution in [0.15, 0.2) is 54.7 Å². The summed E-state index contributed by atoms with van der Waals surface area (Å²) >= 11 is 5.81. The SMILES string of the molecule is C[C@H](OC(=O)CCc1c[nH]c2ccccc12)C(=O)Nc1ccc(Cl)cc1. The largest absolute Gasteiger partial charge is 0.453 e. The summed E-state index contributed by atoms with van der Waals surface area (Å²) in [6.45, 7) is 1.55. The van der Waals surface area contributed by atoms with Gasteiger partial charge in [-0.25, -0.2) is 0 Å². The highest BCUT2D eigenvalue weighted by atomic mass is 35.5. The zero-order valence-electron chi connectivity index (χ0n) is 14.3. The average Bonchev–Trinajstić information content (AvgIpc) is 3.05. The zero-order chi connectivity index (χ0) is 18.5. The molecule has 1 atom stereocenters. The van der Waals surface area contributed by atoms with Crippen molar-refractivity contribution in [3.05, 3.63) is 65.3 Å². The van der Waals surface area contributed by atoms with Crippen LogP contribution >= 0.6 is 11.6 Å². The molecule has 0 aliphatic heterocycles. The van der Waals surface area contributed by atoms with Crippen molar-refractivity contribution in [1.82, 2.24) is 4.98 Å². The first-order valence-corrected chi connectivity index (χ1v) is 8.71. The molecule has 0 unspecified atom stereocenters. The van der Waals surface area contributed by atoms with Gasteiger partial charge in [0, 0.05) is 34.2 Å². The van der Waals surface area contributed by atoms with Gasteiger partial charge in [-0.15, -0.1) is 0 Å². The number of esters is 1. The molecule has 6 heteroatoms. The smallest absolute Gasteiger partial charge is 0.306 e. The molecule has 5 nitrogen and oxygen atoms in total. The van der Waals surface area contributed by atoms with Crippen LogP contribution in [-0.4, -0.2) is 23.0 Å². The Kier molecular flexibility index (Phi) is 5.58. The number of rotatable bonds is 6. The summed E-state index contributed by atoms with van der Waals surface area (Å²) in [5, 5.41) is 4.36. The molecule has 0 saturated carbocycles. The Bertz CT molecular complexity index is 918. The molecule has 1 aromatic heterocycles. The first kappa shape index (κ1) is 18.0. The van der Waals surface area contributed by atoms with Crippen LogP contribution in [0.4, 0.5) is 5.69 Å². The van der Waals surface area contributed by atoms with E-state index in [4.69, 9.17) is 16.3 Å². The lowest BCUT2D eigenvalue weighted by Gasteiger charge is -2.13. The highest BCUT2D eigenvalue weighted by molar-refractivity contribution is 6.30. The van der Waals surface area contributed by atoms with Crippen molar-refractivity contribution in [2.45, 2.75) is 25.9 Å². The molecule has 3 rings (SSSR count). The maximum Gasteiger partial charge on any atom is 0.306 e. The van der Waals surface area contributed by atoms with Crippen LogP contribution in [0.2, 0.25) is 5.02 Å². The van der Waals surface area contributed by atoms with Gasteiger partial charge < -0.3 is 15.0 Å². The number of nitrogens with one attached hydrogen (secondary N) is 2. The van der Waals surface area contributed by atoms with Gasteiger partial charge in [0.2, 0.25) is 0 Å².